The van der Waals surface area contributed by atoms with E-state index in [1.807, 2.05) is 61.3 Å². The van der Waals surface area contributed by atoms with E-state index in [1.165, 1.54) is 0 Å². The minimum absolute atomic E-state index is 0.139. The van der Waals surface area contributed by atoms with E-state index in [-0.39, 0.29) is 5.91 Å². The molecule has 2 aromatic carbocycles. The first-order valence-corrected chi connectivity index (χ1v) is 9.48. The highest BCUT2D eigenvalue weighted by molar-refractivity contribution is 5.94. The monoisotopic (exact) mass is 379 g/mol. The zero-order chi connectivity index (χ0) is 19.8. The number of para-hydroxylation sites is 1. The first kappa shape index (κ1) is 19.5. The number of nitrogens with one attached hydrogen (secondary N) is 1. The van der Waals surface area contributed by atoms with Gasteiger partial charge in [-0.25, -0.2) is 4.68 Å². The molecule has 1 heterocycles. The molecule has 0 fully saturated rings. The smallest absolute Gasteiger partial charge is 0.251 e. The number of carbonyl (C=O) groups excluding carboxylic acids is 1. The molecule has 0 radical (unpaired) electrons. The predicted octanol–water partition coefficient (Wildman–Crippen LogP) is 3.64. The molecule has 0 bridgehead atoms. The maximum Gasteiger partial charge on any atom is 0.251 e. The van der Waals surface area contributed by atoms with Gasteiger partial charge in [0, 0.05) is 18.3 Å². The zero-order valence-electron chi connectivity index (χ0n) is 16.2. The molecule has 0 aliphatic rings. The second-order valence-electron chi connectivity index (χ2n) is 6.16. The number of hydrogen-bond donors (Lipinski definition) is 1. The molecular formula is C22H25N3O3. The number of rotatable bonds is 9. The fourth-order valence-electron chi connectivity index (χ4n) is 2.83. The van der Waals surface area contributed by atoms with Crippen molar-refractivity contribution in [3.8, 4) is 17.2 Å². The average Bonchev–Trinajstić information content (AvgIpc) is 3.19. The Bertz CT molecular complexity index is 906. The summed E-state index contributed by atoms with van der Waals surface area (Å²) in [4.78, 5) is 12.5. The van der Waals surface area contributed by atoms with Crippen LogP contribution in [0.2, 0.25) is 0 Å². The van der Waals surface area contributed by atoms with E-state index in [0.717, 1.165) is 11.3 Å². The van der Waals surface area contributed by atoms with E-state index < -0.39 is 0 Å². The first-order valence-electron chi connectivity index (χ1n) is 9.48. The third-order valence-corrected chi connectivity index (χ3v) is 4.16. The largest absolute Gasteiger partial charge is 0.490 e. The average molecular weight is 379 g/mol. The van der Waals surface area contributed by atoms with Gasteiger partial charge in [-0.3, -0.25) is 4.79 Å². The molecule has 3 rings (SSSR count). The van der Waals surface area contributed by atoms with Gasteiger partial charge in [-0.15, -0.1) is 0 Å². The van der Waals surface area contributed by atoms with Crippen LogP contribution < -0.4 is 14.8 Å². The second-order valence-corrected chi connectivity index (χ2v) is 6.16. The number of carbonyl (C=O) groups is 1. The van der Waals surface area contributed by atoms with Crippen LogP contribution in [0.4, 0.5) is 0 Å². The first-order chi connectivity index (χ1) is 13.7. The van der Waals surface area contributed by atoms with Crippen LogP contribution in [0.1, 0.15) is 29.8 Å². The second kappa shape index (κ2) is 9.60. The number of hydrogen-bond acceptors (Lipinski definition) is 4. The molecule has 0 aliphatic carbocycles. The number of benzene rings is 2. The summed E-state index contributed by atoms with van der Waals surface area (Å²) >= 11 is 0. The minimum Gasteiger partial charge on any atom is -0.490 e. The molecule has 0 aliphatic heterocycles. The molecule has 1 aromatic heterocycles. The number of amides is 1. The van der Waals surface area contributed by atoms with Crippen molar-refractivity contribution in [3.63, 3.8) is 0 Å². The fraction of sp³-hybridized carbons (Fsp3) is 0.273. The standard InChI is InChI=1S/C22H25N3O3/c1-3-27-20-11-10-18(14-21(20)28-4-2)22(26)23-13-12-17-15-24-25(16-17)19-8-6-5-7-9-19/h5-11,14-16H,3-4,12-13H2,1-2H3,(H,23,26). The van der Waals surface area contributed by atoms with E-state index in [4.69, 9.17) is 9.47 Å². The SMILES string of the molecule is CCOc1ccc(C(=O)NCCc2cnn(-c3ccccc3)c2)cc1OCC. The maximum absolute atomic E-state index is 12.5. The number of nitrogens with zero attached hydrogens (tertiary/aromatic N) is 2. The van der Waals surface area contributed by atoms with Crippen LogP contribution in [0.3, 0.4) is 0 Å². The van der Waals surface area contributed by atoms with Gasteiger partial charge in [-0.1, -0.05) is 18.2 Å². The zero-order valence-corrected chi connectivity index (χ0v) is 16.2. The Hall–Kier alpha value is -3.28. The summed E-state index contributed by atoms with van der Waals surface area (Å²) in [6.45, 7) is 5.39. The Balaban J connectivity index is 1.57. The van der Waals surface area contributed by atoms with Crippen molar-refractivity contribution >= 4 is 5.91 Å². The van der Waals surface area contributed by atoms with Crippen LogP contribution >= 0.6 is 0 Å². The predicted molar refractivity (Wildman–Crippen MR) is 108 cm³/mol. The van der Waals surface area contributed by atoms with Gasteiger partial charge in [-0.05, 0) is 56.2 Å². The van der Waals surface area contributed by atoms with Gasteiger partial charge in [-0.2, -0.15) is 5.10 Å². The maximum atomic E-state index is 12.5. The molecule has 1 N–H and O–H groups in total. The molecule has 1 amide bonds. The van der Waals surface area contributed by atoms with Gasteiger partial charge in [0.1, 0.15) is 0 Å². The normalized spacial score (nSPS) is 10.5. The molecule has 0 unspecified atom stereocenters. The van der Waals surface area contributed by atoms with E-state index >= 15 is 0 Å². The van der Waals surface area contributed by atoms with Gasteiger partial charge in [0.25, 0.3) is 5.91 Å². The molecule has 0 saturated carbocycles. The molecule has 28 heavy (non-hydrogen) atoms. The van der Waals surface area contributed by atoms with Crippen LogP contribution in [-0.4, -0.2) is 35.4 Å². The van der Waals surface area contributed by atoms with Crippen molar-refractivity contribution in [1.29, 1.82) is 0 Å². The minimum atomic E-state index is -0.139. The van der Waals surface area contributed by atoms with E-state index in [9.17, 15) is 4.79 Å². The van der Waals surface area contributed by atoms with Crippen molar-refractivity contribution in [2.75, 3.05) is 19.8 Å². The van der Waals surface area contributed by atoms with E-state index in [0.29, 0.717) is 43.2 Å². The molecule has 0 spiro atoms. The Kier molecular flexibility index (Phi) is 6.68. The Morgan fingerprint density at radius 1 is 1.04 bits per heavy atom. The Labute approximate surface area is 165 Å². The lowest BCUT2D eigenvalue weighted by atomic mass is 10.1. The lowest BCUT2D eigenvalue weighted by Crippen LogP contribution is -2.25. The van der Waals surface area contributed by atoms with Crippen molar-refractivity contribution in [2.24, 2.45) is 0 Å². The lowest BCUT2D eigenvalue weighted by Gasteiger charge is -2.12. The van der Waals surface area contributed by atoms with E-state index in [2.05, 4.69) is 10.4 Å². The molecular weight excluding hydrogens is 354 g/mol. The molecule has 146 valence electrons. The van der Waals surface area contributed by atoms with E-state index in [1.54, 1.807) is 18.2 Å². The summed E-state index contributed by atoms with van der Waals surface area (Å²) in [6, 6.07) is 15.2. The van der Waals surface area contributed by atoms with Crippen molar-refractivity contribution in [2.45, 2.75) is 20.3 Å². The van der Waals surface area contributed by atoms with Crippen molar-refractivity contribution < 1.29 is 14.3 Å². The van der Waals surface area contributed by atoms with Gasteiger partial charge in [0.2, 0.25) is 0 Å². The number of ether oxygens (including phenoxy) is 2. The molecule has 3 aromatic rings. The summed E-state index contributed by atoms with van der Waals surface area (Å²) in [7, 11) is 0. The van der Waals surface area contributed by atoms with Gasteiger partial charge >= 0.3 is 0 Å². The quantitative estimate of drug-likeness (QED) is 0.616. The highest BCUT2D eigenvalue weighted by Crippen LogP contribution is 2.28. The summed E-state index contributed by atoms with van der Waals surface area (Å²) in [5.41, 5.74) is 2.62. The van der Waals surface area contributed by atoms with Gasteiger partial charge < -0.3 is 14.8 Å². The number of aromatic nitrogens is 2. The summed E-state index contributed by atoms with van der Waals surface area (Å²) in [5, 5.41) is 7.32. The Morgan fingerprint density at radius 3 is 2.54 bits per heavy atom. The van der Waals surface area contributed by atoms with Crippen LogP contribution in [0.5, 0.6) is 11.5 Å². The van der Waals surface area contributed by atoms with Crippen LogP contribution in [0.15, 0.2) is 60.9 Å². The topological polar surface area (TPSA) is 65.4 Å². The Morgan fingerprint density at radius 2 is 1.79 bits per heavy atom. The molecule has 0 saturated heterocycles. The highest BCUT2D eigenvalue weighted by Gasteiger charge is 2.11. The lowest BCUT2D eigenvalue weighted by molar-refractivity contribution is 0.0953. The molecule has 0 atom stereocenters. The highest BCUT2D eigenvalue weighted by atomic mass is 16.5. The summed E-state index contributed by atoms with van der Waals surface area (Å²) in [6.07, 6.45) is 4.50. The van der Waals surface area contributed by atoms with Gasteiger partial charge in [0.15, 0.2) is 11.5 Å². The van der Waals surface area contributed by atoms with Crippen LogP contribution in [0.25, 0.3) is 5.69 Å². The summed E-state index contributed by atoms with van der Waals surface area (Å²) < 4.78 is 13.0. The summed E-state index contributed by atoms with van der Waals surface area (Å²) in [5.74, 6) is 1.09. The van der Waals surface area contributed by atoms with Crippen LogP contribution in [-0.2, 0) is 6.42 Å². The fourth-order valence-corrected chi connectivity index (χ4v) is 2.83. The van der Waals surface area contributed by atoms with Crippen molar-refractivity contribution in [1.82, 2.24) is 15.1 Å². The third kappa shape index (κ3) is 4.91. The van der Waals surface area contributed by atoms with Crippen LogP contribution in [0, 0.1) is 0 Å². The third-order valence-electron chi connectivity index (χ3n) is 4.16. The molecule has 6 nitrogen and oxygen atoms in total. The van der Waals surface area contributed by atoms with Crippen molar-refractivity contribution in [3.05, 3.63) is 72.1 Å². The molecule has 6 heteroatoms. The van der Waals surface area contributed by atoms with Gasteiger partial charge in [0.05, 0.1) is 25.1 Å².